The first kappa shape index (κ1) is 16.4. The van der Waals surface area contributed by atoms with Gasteiger partial charge in [0.25, 0.3) is 0 Å². The minimum atomic E-state index is -3.04. The topological polar surface area (TPSA) is 89.3 Å². The monoisotopic (exact) mass is 290 g/mol. The fourth-order valence-electron chi connectivity index (χ4n) is 2.24. The van der Waals surface area contributed by atoms with Gasteiger partial charge in [-0.1, -0.05) is 13.8 Å². The first-order valence-corrected chi connectivity index (χ1v) is 8.77. The second-order valence-corrected chi connectivity index (χ2v) is 8.71. The minimum absolute atomic E-state index is 0.0946. The number of carbonyl (C=O) groups excluding carboxylic acids is 1. The van der Waals surface area contributed by atoms with Crippen molar-refractivity contribution in [1.29, 1.82) is 0 Å². The molecule has 1 aliphatic carbocycles. The summed E-state index contributed by atoms with van der Waals surface area (Å²) in [4.78, 5) is 12.1. The molecule has 1 rings (SSSR count). The molecule has 5 nitrogen and oxygen atoms in total. The van der Waals surface area contributed by atoms with Gasteiger partial charge in [-0.25, -0.2) is 8.42 Å². The molecule has 112 valence electrons. The van der Waals surface area contributed by atoms with E-state index >= 15 is 0 Å². The largest absolute Gasteiger partial charge is 0.349 e. The van der Waals surface area contributed by atoms with Crippen molar-refractivity contribution in [2.75, 3.05) is 18.6 Å². The van der Waals surface area contributed by atoms with Crippen molar-refractivity contribution in [3.8, 4) is 0 Å². The quantitative estimate of drug-likeness (QED) is 0.722. The van der Waals surface area contributed by atoms with Crippen LogP contribution in [0.3, 0.4) is 0 Å². The predicted molar refractivity (Wildman–Crippen MR) is 76.4 cm³/mol. The van der Waals surface area contributed by atoms with E-state index in [0.717, 1.165) is 12.8 Å². The van der Waals surface area contributed by atoms with Crippen molar-refractivity contribution < 1.29 is 13.2 Å². The van der Waals surface area contributed by atoms with Gasteiger partial charge in [0.05, 0.1) is 11.3 Å². The molecule has 0 radical (unpaired) electrons. The third kappa shape index (κ3) is 4.76. The van der Waals surface area contributed by atoms with Crippen molar-refractivity contribution >= 4 is 15.7 Å². The maximum absolute atomic E-state index is 12.1. The number of sulfone groups is 1. The first-order valence-electron chi connectivity index (χ1n) is 6.71. The average Bonchev–Trinajstić information content (AvgIpc) is 2.93. The van der Waals surface area contributed by atoms with Crippen LogP contribution in [0.2, 0.25) is 0 Å². The molecule has 0 spiro atoms. The van der Waals surface area contributed by atoms with E-state index in [0.29, 0.717) is 6.54 Å². The van der Waals surface area contributed by atoms with Crippen LogP contribution in [0.5, 0.6) is 0 Å². The van der Waals surface area contributed by atoms with Crippen LogP contribution < -0.4 is 11.1 Å². The van der Waals surface area contributed by atoms with Crippen LogP contribution >= 0.6 is 0 Å². The molecule has 0 aromatic rings. The maximum atomic E-state index is 12.1. The molecule has 19 heavy (non-hydrogen) atoms. The van der Waals surface area contributed by atoms with Crippen LogP contribution in [0.25, 0.3) is 0 Å². The Morgan fingerprint density at radius 2 is 1.95 bits per heavy atom. The molecule has 1 amide bonds. The number of rotatable bonds is 7. The van der Waals surface area contributed by atoms with Gasteiger partial charge in [-0.3, -0.25) is 4.79 Å². The van der Waals surface area contributed by atoms with Gasteiger partial charge in [-0.05, 0) is 31.1 Å². The van der Waals surface area contributed by atoms with Gasteiger partial charge in [0.2, 0.25) is 5.91 Å². The summed E-state index contributed by atoms with van der Waals surface area (Å²) < 4.78 is 22.7. The van der Waals surface area contributed by atoms with E-state index < -0.39 is 15.4 Å². The lowest BCUT2D eigenvalue weighted by molar-refractivity contribution is -0.124. The second kappa shape index (κ2) is 5.40. The highest BCUT2D eigenvalue weighted by molar-refractivity contribution is 7.90. The summed E-state index contributed by atoms with van der Waals surface area (Å²) in [5.41, 5.74) is 4.97. The summed E-state index contributed by atoms with van der Waals surface area (Å²) >= 11 is 0. The van der Waals surface area contributed by atoms with Crippen molar-refractivity contribution in [1.82, 2.24) is 5.32 Å². The fourth-order valence-corrected chi connectivity index (χ4v) is 3.74. The molecule has 1 unspecified atom stereocenters. The lowest BCUT2D eigenvalue weighted by atomic mass is 9.88. The van der Waals surface area contributed by atoms with E-state index in [1.54, 1.807) is 0 Å². The lowest BCUT2D eigenvalue weighted by Gasteiger charge is -2.34. The number of carbonyl (C=O) groups is 1. The van der Waals surface area contributed by atoms with Crippen LogP contribution in [-0.4, -0.2) is 38.4 Å². The Labute approximate surface area is 116 Å². The molecule has 0 bridgehead atoms. The van der Waals surface area contributed by atoms with Crippen LogP contribution in [0.1, 0.15) is 40.0 Å². The van der Waals surface area contributed by atoms with Crippen LogP contribution in [0, 0.1) is 11.3 Å². The van der Waals surface area contributed by atoms with Gasteiger partial charge >= 0.3 is 0 Å². The summed E-state index contributed by atoms with van der Waals surface area (Å²) in [6.07, 6.45) is 3.13. The molecule has 0 aliphatic heterocycles. The first-order chi connectivity index (χ1) is 8.52. The van der Waals surface area contributed by atoms with Crippen molar-refractivity contribution in [2.45, 2.75) is 45.6 Å². The van der Waals surface area contributed by atoms with Crippen molar-refractivity contribution in [3.63, 3.8) is 0 Å². The van der Waals surface area contributed by atoms with Gasteiger partial charge in [-0.2, -0.15) is 0 Å². The minimum Gasteiger partial charge on any atom is -0.349 e. The molecule has 0 heterocycles. The molecule has 1 saturated carbocycles. The standard InChI is InChI=1S/C13H26N2O3S/c1-10(2)12(3,8-14)15-11(16)7-13(5-6-13)9-19(4,17)18/h10H,5-9,14H2,1-4H3,(H,15,16). The van der Waals surface area contributed by atoms with Gasteiger partial charge in [-0.15, -0.1) is 0 Å². The molecule has 0 saturated heterocycles. The summed E-state index contributed by atoms with van der Waals surface area (Å²) in [7, 11) is -3.04. The fraction of sp³-hybridized carbons (Fsp3) is 0.923. The second-order valence-electron chi connectivity index (χ2n) is 6.57. The zero-order valence-electron chi connectivity index (χ0n) is 12.3. The van der Waals surface area contributed by atoms with E-state index in [2.05, 4.69) is 5.32 Å². The van der Waals surface area contributed by atoms with Crippen LogP contribution in [0.4, 0.5) is 0 Å². The number of hydrogen-bond acceptors (Lipinski definition) is 4. The van der Waals surface area contributed by atoms with Gasteiger partial charge in [0.15, 0.2) is 0 Å². The predicted octanol–water partition coefficient (Wildman–Crippen LogP) is 0.691. The SMILES string of the molecule is CC(C)C(C)(CN)NC(=O)CC1(CS(C)(=O)=O)CC1. The Morgan fingerprint density at radius 1 is 1.42 bits per heavy atom. The van der Waals surface area contributed by atoms with Crippen molar-refractivity contribution in [3.05, 3.63) is 0 Å². The van der Waals surface area contributed by atoms with Gasteiger partial charge < -0.3 is 11.1 Å². The smallest absolute Gasteiger partial charge is 0.221 e. The van der Waals surface area contributed by atoms with E-state index in [1.165, 1.54) is 6.26 Å². The Hall–Kier alpha value is -0.620. The average molecular weight is 290 g/mol. The molecule has 0 aromatic carbocycles. The Bertz CT molecular complexity index is 441. The molecule has 6 heteroatoms. The normalized spacial score (nSPS) is 20.9. The Kier molecular flexibility index (Phi) is 4.67. The lowest BCUT2D eigenvalue weighted by Crippen LogP contribution is -2.55. The summed E-state index contributed by atoms with van der Waals surface area (Å²) in [6.45, 7) is 6.31. The van der Waals surface area contributed by atoms with E-state index in [1.807, 2.05) is 20.8 Å². The molecular formula is C13H26N2O3S. The molecular weight excluding hydrogens is 264 g/mol. The zero-order valence-corrected chi connectivity index (χ0v) is 13.1. The Morgan fingerprint density at radius 3 is 2.26 bits per heavy atom. The van der Waals surface area contributed by atoms with E-state index in [4.69, 9.17) is 5.73 Å². The highest BCUT2D eigenvalue weighted by Gasteiger charge is 2.47. The third-order valence-electron chi connectivity index (χ3n) is 4.18. The molecule has 1 fully saturated rings. The van der Waals surface area contributed by atoms with E-state index in [9.17, 15) is 13.2 Å². The highest BCUT2D eigenvalue weighted by atomic mass is 32.2. The third-order valence-corrected chi connectivity index (χ3v) is 5.32. The van der Waals surface area contributed by atoms with Gasteiger partial charge in [0, 0.05) is 19.2 Å². The molecule has 0 aromatic heterocycles. The zero-order chi connectivity index (χ0) is 14.9. The van der Waals surface area contributed by atoms with Crippen LogP contribution in [-0.2, 0) is 14.6 Å². The summed E-state index contributed by atoms with van der Waals surface area (Å²) in [5, 5.41) is 2.97. The molecule has 1 atom stereocenters. The summed E-state index contributed by atoms with van der Waals surface area (Å²) in [5.74, 6) is 0.239. The summed E-state index contributed by atoms with van der Waals surface area (Å²) in [6, 6.07) is 0. The maximum Gasteiger partial charge on any atom is 0.221 e. The van der Waals surface area contributed by atoms with E-state index in [-0.39, 0.29) is 29.4 Å². The highest BCUT2D eigenvalue weighted by Crippen LogP contribution is 2.49. The molecule has 1 aliphatic rings. The number of nitrogens with one attached hydrogen (secondary N) is 1. The number of amides is 1. The molecule has 3 N–H and O–H groups in total. The number of hydrogen-bond donors (Lipinski definition) is 2. The Balaban J connectivity index is 2.61. The van der Waals surface area contributed by atoms with Gasteiger partial charge in [0.1, 0.15) is 9.84 Å². The number of nitrogens with two attached hydrogens (primary N) is 1. The van der Waals surface area contributed by atoms with Crippen molar-refractivity contribution in [2.24, 2.45) is 17.1 Å². The van der Waals surface area contributed by atoms with Crippen LogP contribution in [0.15, 0.2) is 0 Å².